The maximum Gasteiger partial charge on any atom is 0.338 e. The van der Waals surface area contributed by atoms with E-state index >= 15 is 0 Å². The number of esters is 1. The van der Waals surface area contributed by atoms with Crippen LogP contribution in [0.3, 0.4) is 0 Å². The van der Waals surface area contributed by atoms with Gasteiger partial charge in [-0.05, 0) is 42.2 Å². The molecule has 2 aromatic carbocycles. The van der Waals surface area contributed by atoms with Crippen molar-refractivity contribution in [2.24, 2.45) is 5.92 Å². The standard InChI is InChI=1S/C20H18O3/c1-2-23-19(22)16-7-3-6-15-14(16)5-4-8-17(15)20-11-9-13(10-12-20)18(20)21/h3-9,11,13H,2,10,12H2,1H3. The largest absolute Gasteiger partial charge is 0.462 e. The smallest absolute Gasteiger partial charge is 0.338 e. The number of Topliss-reactive ketones (excluding diaryl/α,β-unsaturated/α-hetero) is 1. The molecule has 2 unspecified atom stereocenters. The molecule has 0 saturated heterocycles. The Bertz CT molecular complexity index is 849. The van der Waals surface area contributed by atoms with Crippen molar-refractivity contribution < 1.29 is 14.3 Å². The molecular weight excluding hydrogens is 288 g/mol. The lowest BCUT2D eigenvalue weighted by Gasteiger charge is -2.24. The third-order valence-electron chi connectivity index (χ3n) is 5.14. The Balaban J connectivity index is 1.93. The van der Waals surface area contributed by atoms with Gasteiger partial charge in [-0.15, -0.1) is 0 Å². The van der Waals surface area contributed by atoms with Gasteiger partial charge in [0.15, 0.2) is 5.78 Å². The number of allylic oxidation sites excluding steroid dienone is 2. The molecule has 23 heavy (non-hydrogen) atoms. The van der Waals surface area contributed by atoms with Crippen LogP contribution in [0.15, 0.2) is 48.6 Å². The zero-order valence-electron chi connectivity index (χ0n) is 13.0. The molecule has 0 N–H and O–H groups in total. The summed E-state index contributed by atoms with van der Waals surface area (Å²) in [4.78, 5) is 24.9. The van der Waals surface area contributed by atoms with Gasteiger partial charge in [-0.25, -0.2) is 4.79 Å². The summed E-state index contributed by atoms with van der Waals surface area (Å²) in [5.74, 6) is 0.0513. The van der Waals surface area contributed by atoms with Crippen molar-refractivity contribution in [3.63, 3.8) is 0 Å². The van der Waals surface area contributed by atoms with E-state index in [9.17, 15) is 9.59 Å². The van der Waals surface area contributed by atoms with Crippen molar-refractivity contribution in [2.75, 3.05) is 6.61 Å². The monoisotopic (exact) mass is 306 g/mol. The van der Waals surface area contributed by atoms with Gasteiger partial charge in [0, 0.05) is 5.92 Å². The average molecular weight is 306 g/mol. The van der Waals surface area contributed by atoms with Crippen LogP contribution < -0.4 is 0 Å². The number of rotatable bonds is 3. The van der Waals surface area contributed by atoms with Gasteiger partial charge in [-0.2, -0.15) is 0 Å². The van der Waals surface area contributed by atoms with E-state index in [2.05, 4.69) is 6.08 Å². The molecular formula is C20H18O3. The van der Waals surface area contributed by atoms with Crippen LogP contribution in [-0.2, 0) is 14.9 Å². The third-order valence-corrected chi connectivity index (χ3v) is 5.14. The van der Waals surface area contributed by atoms with Gasteiger partial charge in [0.25, 0.3) is 0 Å². The summed E-state index contributed by atoms with van der Waals surface area (Å²) in [6.07, 6.45) is 5.88. The quantitative estimate of drug-likeness (QED) is 0.640. The number of hydrogen-bond donors (Lipinski definition) is 0. The van der Waals surface area contributed by atoms with Crippen LogP contribution in [-0.4, -0.2) is 18.4 Å². The topological polar surface area (TPSA) is 43.4 Å². The van der Waals surface area contributed by atoms with E-state index in [1.165, 1.54) is 0 Å². The zero-order chi connectivity index (χ0) is 16.0. The highest BCUT2D eigenvalue weighted by Gasteiger charge is 2.50. The van der Waals surface area contributed by atoms with Crippen molar-refractivity contribution in [3.8, 4) is 0 Å². The maximum absolute atomic E-state index is 12.7. The molecule has 3 nitrogen and oxygen atoms in total. The van der Waals surface area contributed by atoms with Crippen LogP contribution >= 0.6 is 0 Å². The van der Waals surface area contributed by atoms with Gasteiger partial charge >= 0.3 is 5.97 Å². The Morgan fingerprint density at radius 3 is 2.65 bits per heavy atom. The Morgan fingerprint density at radius 1 is 1.22 bits per heavy atom. The first kappa shape index (κ1) is 14.2. The fourth-order valence-electron chi connectivity index (χ4n) is 4.04. The Kier molecular flexibility index (Phi) is 3.12. The van der Waals surface area contributed by atoms with Crippen molar-refractivity contribution >= 4 is 22.5 Å². The van der Waals surface area contributed by atoms with E-state index in [1.807, 2.05) is 36.4 Å². The lowest BCUT2D eigenvalue weighted by Crippen LogP contribution is -2.27. The molecule has 0 spiro atoms. The van der Waals surface area contributed by atoms with E-state index in [0.29, 0.717) is 18.0 Å². The molecule has 116 valence electrons. The highest BCUT2D eigenvalue weighted by atomic mass is 16.5. The lowest BCUT2D eigenvalue weighted by molar-refractivity contribution is -0.122. The minimum atomic E-state index is -0.503. The molecule has 2 aliphatic carbocycles. The Morgan fingerprint density at radius 2 is 2.00 bits per heavy atom. The summed E-state index contributed by atoms with van der Waals surface area (Å²) in [6.45, 7) is 2.15. The van der Waals surface area contributed by atoms with Crippen LogP contribution in [0, 0.1) is 5.92 Å². The molecule has 2 atom stereocenters. The number of ether oxygens (including phenoxy) is 1. The van der Waals surface area contributed by atoms with E-state index in [0.717, 1.165) is 29.2 Å². The minimum absolute atomic E-state index is 0.0681. The van der Waals surface area contributed by atoms with E-state index in [4.69, 9.17) is 4.74 Å². The maximum atomic E-state index is 12.7. The first-order valence-corrected chi connectivity index (χ1v) is 8.10. The van der Waals surface area contributed by atoms with Crippen molar-refractivity contribution in [1.82, 2.24) is 0 Å². The van der Waals surface area contributed by atoms with Crippen LogP contribution in [0.2, 0.25) is 0 Å². The van der Waals surface area contributed by atoms with Gasteiger partial charge in [0.1, 0.15) is 0 Å². The molecule has 1 saturated carbocycles. The number of fused-ring (bicyclic) bond motifs is 3. The first-order valence-electron chi connectivity index (χ1n) is 8.10. The number of hydrogen-bond acceptors (Lipinski definition) is 3. The molecule has 1 fully saturated rings. The van der Waals surface area contributed by atoms with Crippen LogP contribution in [0.5, 0.6) is 0 Å². The number of ketones is 1. The van der Waals surface area contributed by atoms with Crippen molar-refractivity contribution in [1.29, 1.82) is 0 Å². The Labute approximate surface area is 134 Å². The number of carbonyl (C=O) groups is 2. The van der Waals surface area contributed by atoms with Gasteiger partial charge in [-0.1, -0.05) is 42.5 Å². The second-order valence-corrected chi connectivity index (χ2v) is 6.27. The summed E-state index contributed by atoms with van der Waals surface area (Å²) in [7, 11) is 0. The van der Waals surface area contributed by atoms with Gasteiger partial charge < -0.3 is 4.74 Å². The normalized spacial score (nSPS) is 25.3. The fraction of sp³-hybridized carbons (Fsp3) is 0.300. The molecule has 3 heteroatoms. The molecule has 2 bridgehead atoms. The van der Waals surface area contributed by atoms with Gasteiger partial charge in [0.05, 0.1) is 17.6 Å². The highest BCUT2D eigenvalue weighted by Crippen LogP contribution is 2.49. The molecule has 4 rings (SSSR count). The SMILES string of the molecule is CCOC(=O)c1cccc2c(C34C=CC(CC3)C4=O)cccc12. The molecule has 0 radical (unpaired) electrons. The van der Waals surface area contributed by atoms with Gasteiger partial charge in [0.2, 0.25) is 0 Å². The van der Waals surface area contributed by atoms with Crippen molar-refractivity contribution in [2.45, 2.75) is 25.2 Å². The van der Waals surface area contributed by atoms with Gasteiger partial charge in [-0.3, -0.25) is 4.79 Å². The fourth-order valence-corrected chi connectivity index (χ4v) is 4.04. The summed E-state index contributed by atoms with van der Waals surface area (Å²) in [6, 6.07) is 11.5. The van der Waals surface area contributed by atoms with E-state index in [-0.39, 0.29) is 11.9 Å². The molecule has 0 heterocycles. The second kappa shape index (κ2) is 5.05. The van der Waals surface area contributed by atoms with Crippen LogP contribution in [0.1, 0.15) is 35.7 Å². The van der Waals surface area contributed by atoms with E-state index in [1.54, 1.807) is 13.0 Å². The lowest BCUT2D eigenvalue weighted by atomic mass is 9.77. The predicted molar refractivity (Wildman–Crippen MR) is 88.5 cm³/mol. The highest BCUT2D eigenvalue weighted by molar-refractivity contribution is 6.09. The predicted octanol–water partition coefficient (Wildman–Crippen LogP) is 3.80. The van der Waals surface area contributed by atoms with Crippen LogP contribution in [0.4, 0.5) is 0 Å². The third kappa shape index (κ3) is 1.89. The summed E-state index contributed by atoms with van der Waals surface area (Å²) in [5, 5.41) is 1.83. The van der Waals surface area contributed by atoms with Crippen LogP contribution in [0.25, 0.3) is 10.8 Å². The minimum Gasteiger partial charge on any atom is -0.462 e. The van der Waals surface area contributed by atoms with E-state index < -0.39 is 5.41 Å². The number of benzene rings is 2. The van der Waals surface area contributed by atoms with Crippen molar-refractivity contribution in [3.05, 3.63) is 59.7 Å². The summed E-state index contributed by atoms with van der Waals surface area (Å²) in [5.41, 5.74) is 1.08. The second-order valence-electron chi connectivity index (χ2n) is 6.27. The molecule has 0 aromatic heterocycles. The average Bonchev–Trinajstić information content (AvgIpc) is 3.07. The summed E-state index contributed by atoms with van der Waals surface area (Å²) < 4.78 is 5.16. The summed E-state index contributed by atoms with van der Waals surface area (Å²) >= 11 is 0. The first-order chi connectivity index (χ1) is 11.2. The molecule has 0 amide bonds. The zero-order valence-corrected chi connectivity index (χ0v) is 13.0. The Hall–Kier alpha value is -2.42. The molecule has 2 aromatic rings. The number of carbonyl (C=O) groups excluding carboxylic acids is 2. The molecule has 2 aliphatic rings. The molecule has 0 aliphatic heterocycles.